The Bertz CT molecular complexity index is 991. The minimum atomic E-state index is -0.434. The SMILES string of the molecule is O=C(NCCCN1CCC2(CC1)C(=O)NCN2c1ccccc1)C1CCCN1Cc1ccccc1. The second-order valence-electron chi connectivity index (χ2n) is 10.1. The van der Waals surface area contributed by atoms with Gasteiger partial charge in [0.2, 0.25) is 11.8 Å². The number of amides is 2. The maximum Gasteiger partial charge on any atom is 0.247 e. The van der Waals surface area contributed by atoms with Crippen LogP contribution in [0.2, 0.25) is 0 Å². The van der Waals surface area contributed by atoms with Crippen LogP contribution in [0.3, 0.4) is 0 Å². The Morgan fingerprint density at radius 1 is 1.00 bits per heavy atom. The normalized spacial score (nSPS) is 22.5. The number of piperidine rings is 1. The number of nitrogens with one attached hydrogen (secondary N) is 2. The van der Waals surface area contributed by atoms with Crippen LogP contribution in [-0.4, -0.2) is 72.6 Å². The molecule has 2 aromatic carbocycles. The number of likely N-dealkylation sites (tertiary alicyclic amines) is 2. The summed E-state index contributed by atoms with van der Waals surface area (Å²) < 4.78 is 0. The maximum absolute atomic E-state index is 12.9. The van der Waals surface area contributed by atoms with Gasteiger partial charge < -0.3 is 20.4 Å². The van der Waals surface area contributed by atoms with Gasteiger partial charge in [-0.15, -0.1) is 0 Å². The van der Waals surface area contributed by atoms with Gasteiger partial charge in [-0.25, -0.2) is 0 Å². The standard InChI is InChI=1S/C28H37N5O2/c34-26(25-13-7-18-32(25)21-23-9-3-1-4-10-23)29-16-8-17-31-19-14-28(15-20-31)27(35)30-22-33(28)24-11-5-2-6-12-24/h1-6,9-12,25H,7-8,13-22H2,(H,29,34)(H,30,35). The largest absolute Gasteiger partial charge is 0.355 e. The van der Waals surface area contributed by atoms with Crippen molar-refractivity contribution in [3.8, 4) is 0 Å². The summed E-state index contributed by atoms with van der Waals surface area (Å²) in [5.41, 5.74) is 1.93. The molecule has 7 nitrogen and oxygen atoms in total. The topological polar surface area (TPSA) is 67.9 Å². The number of rotatable bonds is 8. The second-order valence-corrected chi connectivity index (χ2v) is 10.1. The molecule has 3 fully saturated rings. The number of carbonyl (C=O) groups is 2. The minimum Gasteiger partial charge on any atom is -0.355 e. The van der Waals surface area contributed by atoms with E-state index in [0.29, 0.717) is 13.2 Å². The fourth-order valence-corrected chi connectivity index (χ4v) is 5.94. The van der Waals surface area contributed by atoms with Crippen molar-refractivity contribution in [2.24, 2.45) is 0 Å². The Morgan fingerprint density at radius 2 is 1.71 bits per heavy atom. The zero-order chi connectivity index (χ0) is 24.1. The first kappa shape index (κ1) is 23.8. The van der Waals surface area contributed by atoms with E-state index in [-0.39, 0.29) is 17.9 Å². The molecule has 3 aliphatic heterocycles. The average Bonchev–Trinajstić information content (AvgIpc) is 3.48. The van der Waals surface area contributed by atoms with Crippen LogP contribution in [0, 0.1) is 0 Å². The first-order chi connectivity index (χ1) is 17.2. The quantitative estimate of drug-likeness (QED) is 0.575. The van der Waals surface area contributed by atoms with E-state index in [4.69, 9.17) is 0 Å². The molecule has 2 N–H and O–H groups in total. The van der Waals surface area contributed by atoms with Crippen molar-refractivity contribution >= 4 is 17.5 Å². The summed E-state index contributed by atoms with van der Waals surface area (Å²) in [5.74, 6) is 0.321. The number of carbonyl (C=O) groups excluding carboxylic acids is 2. The van der Waals surface area contributed by atoms with Gasteiger partial charge in [-0.2, -0.15) is 0 Å². The van der Waals surface area contributed by atoms with E-state index in [0.717, 1.165) is 70.5 Å². The number of hydrogen-bond donors (Lipinski definition) is 2. The maximum atomic E-state index is 12.9. The van der Waals surface area contributed by atoms with Crippen molar-refractivity contribution in [1.29, 1.82) is 0 Å². The fraction of sp³-hybridized carbons (Fsp3) is 0.500. The lowest BCUT2D eigenvalue weighted by molar-refractivity contribution is -0.126. The van der Waals surface area contributed by atoms with Crippen molar-refractivity contribution in [2.45, 2.75) is 50.2 Å². The third-order valence-electron chi connectivity index (χ3n) is 7.93. The van der Waals surface area contributed by atoms with Gasteiger partial charge in [0.1, 0.15) is 5.54 Å². The van der Waals surface area contributed by atoms with Gasteiger partial charge in [0.05, 0.1) is 12.7 Å². The van der Waals surface area contributed by atoms with Crippen molar-refractivity contribution in [2.75, 3.05) is 44.3 Å². The van der Waals surface area contributed by atoms with Crippen molar-refractivity contribution < 1.29 is 9.59 Å². The molecule has 0 radical (unpaired) electrons. The van der Waals surface area contributed by atoms with Gasteiger partial charge in [0.25, 0.3) is 0 Å². The first-order valence-electron chi connectivity index (χ1n) is 13.0. The fourth-order valence-electron chi connectivity index (χ4n) is 5.94. The van der Waals surface area contributed by atoms with Gasteiger partial charge >= 0.3 is 0 Å². The molecule has 3 heterocycles. The average molecular weight is 476 g/mol. The molecule has 3 aliphatic rings. The molecule has 186 valence electrons. The highest BCUT2D eigenvalue weighted by Crippen LogP contribution is 2.36. The molecule has 5 rings (SSSR count). The van der Waals surface area contributed by atoms with E-state index < -0.39 is 5.54 Å². The van der Waals surface area contributed by atoms with Crippen molar-refractivity contribution in [1.82, 2.24) is 20.4 Å². The Kier molecular flexibility index (Phi) is 7.35. The lowest BCUT2D eigenvalue weighted by Crippen LogP contribution is -2.56. The van der Waals surface area contributed by atoms with Gasteiger partial charge in [-0.1, -0.05) is 48.5 Å². The van der Waals surface area contributed by atoms with Crippen LogP contribution in [0.15, 0.2) is 60.7 Å². The third kappa shape index (κ3) is 5.21. The van der Waals surface area contributed by atoms with Crippen LogP contribution >= 0.6 is 0 Å². The molecule has 1 unspecified atom stereocenters. The molecule has 3 saturated heterocycles. The summed E-state index contributed by atoms with van der Waals surface area (Å²) in [6.07, 6.45) is 4.60. The Balaban J connectivity index is 1.06. The van der Waals surface area contributed by atoms with E-state index in [2.05, 4.69) is 61.7 Å². The van der Waals surface area contributed by atoms with Crippen LogP contribution in [-0.2, 0) is 16.1 Å². The smallest absolute Gasteiger partial charge is 0.247 e. The summed E-state index contributed by atoms with van der Waals surface area (Å²) in [7, 11) is 0. The predicted octanol–water partition coefficient (Wildman–Crippen LogP) is 2.59. The Labute approximate surface area is 208 Å². The molecule has 0 saturated carbocycles. The third-order valence-corrected chi connectivity index (χ3v) is 7.93. The number of nitrogens with zero attached hydrogens (tertiary/aromatic N) is 3. The highest BCUT2D eigenvalue weighted by atomic mass is 16.2. The lowest BCUT2D eigenvalue weighted by Gasteiger charge is -2.43. The van der Waals surface area contributed by atoms with Gasteiger partial charge in [0, 0.05) is 31.9 Å². The van der Waals surface area contributed by atoms with Crippen molar-refractivity contribution in [3.05, 3.63) is 66.2 Å². The molecule has 2 amide bonds. The number of hydrogen-bond acceptors (Lipinski definition) is 5. The van der Waals surface area contributed by atoms with Crippen LogP contribution in [0.1, 0.15) is 37.7 Å². The van der Waals surface area contributed by atoms with Gasteiger partial charge in [-0.05, 0) is 62.9 Å². The number of benzene rings is 2. The van der Waals surface area contributed by atoms with E-state index in [1.54, 1.807) is 0 Å². The molecular formula is C28H37N5O2. The molecule has 1 atom stereocenters. The molecule has 0 aromatic heterocycles. The molecule has 1 spiro atoms. The van der Waals surface area contributed by atoms with Crippen LogP contribution < -0.4 is 15.5 Å². The number of para-hydroxylation sites is 1. The summed E-state index contributed by atoms with van der Waals surface area (Å²) in [6.45, 7) is 5.85. The molecule has 0 aliphatic carbocycles. The first-order valence-corrected chi connectivity index (χ1v) is 13.0. The molecule has 7 heteroatoms. The highest BCUT2D eigenvalue weighted by molar-refractivity contribution is 5.93. The van der Waals surface area contributed by atoms with Gasteiger partial charge in [-0.3, -0.25) is 14.5 Å². The van der Waals surface area contributed by atoms with Crippen LogP contribution in [0.4, 0.5) is 5.69 Å². The van der Waals surface area contributed by atoms with E-state index in [1.807, 2.05) is 24.3 Å². The monoisotopic (exact) mass is 475 g/mol. The van der Waals surface area contributed by atoms with Crippen molar-refractivity contribution in [3.63, 3.8) is 0 Å². The summed E-state index contributed by atoms with van der Waals surface area (Å²) >= 11 is 0. The van der Waals surface area contributed by atoms with E-state index in [9.17, 15) is 9.59 Å². The zero-order valence-corrected chi connectivity index (χ0v) is 20.5. The zero-order valence-electron chi connectivity index (χ0n) is 20.5. The van der Waals surface area contributed by atoms with Crippen LogP contribution in [0.25, 0.3) is 0 Å². The van der Waals surface area contributed by atoms with Crippen LogP contribution in [0.5, 0.6) is 0 Å². The summed E-state index contributed by atoms with van der Waals surface area (Å²) in [6, 6.07) is 20.6. The molecule has 0 bridgehead atoms. The minimum absolute atomic E-state index is 0.0186. The summed E-state index contributed by atoms with van der Waals surface area (Å²) in [4.78, 5) is 32.7. The molecular weight excluding hydrogens is 438 g/mol. The van der Waals surface area contributed by atoms with E-state index >= 15 is 0 Å². The lowest BCUT2D eigenvalue weighted by atomic mass is 9.85. The second kappa shape index (κ2) is 10.8. The van der Waals surface area contributed by atoms with E-state index in [1.165, 1.54) is 5.56 Å². The predicted molar refractivity (Wildman–Crippen MR) is 138 cm³/mol. The Hall–Kier alpha value is -2.90. The summed E-state index contributed by atoms with van der Waals surface area (Å²) in [5, 5.41) is 6.26. The Morgan fingerprint density at radius 3 is 2.46 bits per heavy atom. The van der Waals surface area contributed by atoms with Gasteiger partial charge in [0.15, 0.2) is 0 Å². The molecule has 35 heavy (non-hydrogen) atoms. The highest BCUT2D eigenvalue weighted by Gasteiger charge is 2.50. The molecule has 2 aromatic rings. The number of anilines is 1.